The Morgan fingerprint density at radius 2 is 1.12 bits per heavy atom. The molecule has 0 radical (unpaired) electrons. The maximum atomic E-state index is 10.9. The molecule has 2 nitrogen and oxygen atoms in total. The lowest BCUT2D eigenvalue weighted by Crippen LogP contribution is -1.97. The summed E-state index contributed by atoms with van der Waals surface area (Å²) >= 11 is 0. The summed E-state index contributed by atoms with van der Waals surface area (Å²) in [5.41, 5.74) is 0. The van der Waals surface area contributed by atoms with Crippen LogP contribution in [-0.4, -0.2) is 13.1 Å². The van der Waals surface area contributed by atoms with Gasteiger partial charge < -0.3 is 4.74 Å². The quantitative estimate of drug-likeness (QED) is 0.169. The third-order valence-electron chi connectivity index (χ3n) is 3.92. The van der Waals surface area contributed by atoms with Crippen LogP contribution in [0.2, 0.25) is 0 Å². The first-order chi connectivity index (χ1) is 12.3. The smallest absolute Gasteiger partial charge is 0.305 e. The molecule has 25 heavy (non-hydrogen) atoms. The number of rotatable bonds is 16. The third-order valence-corrected chi connectivity index (χ3v) is 3.92. The topological polar surface area (TPSA) is 26.3 Å². The fraction of sp³-hybridized carbons (Fsp3) is 0.609. The second kappa shape index (κ2) is 20.5. The third kappa shape index (κ3) is 20.4. The van der Waals surface area contributed by atoms with Gasteiger partial charge in [0, 0.05) is 6.42 Å². The van der Waals surface area contributed by atoms with Crippen molar-refractivity contribution in [2.75, 3.05) is 7.11 Å². The number of ether oxygens (including phenoxy) is 1. The van der Waals surface area contributed by atoms with E-state index in [1.165, 1.54) is 45.6 Å². The van der Waals surface area contributed by atoms with Gasteiger partial charge in [0.1, 0.15) is 0 Å². The van der Waals surface area contributed by atoms with E-state index in [0.717, 1.165) is 32.1 Å². The number of carbonyl (C=O) groups is 1. The van der Waals surface area contributed by atoms with E-state index in [4.69, 9.17) is 0 Å². The van der Waals surface area contributed by atoms with Crippen LogP contribution in [0.5, 0.6) is 0 Å². The van der Waals surface area contributed by atoms with Crippen LogP contribution in [0.4, 0.5) is 0 Å². The van der Waals surface area contributed by atoms with Gasteiger partial charge in [-0.2, -0.15) is 0 Å². The van der Waals surface area contributed by atoms with Crippen LogP contribution in [0, 0.1) is 0 Å². The van der Waals surface area contributed by atoms with Crippen molar-refractivity contribution in [3.63, 3.8) is 0 Å². The molecule has 0 aromatic heterocycles. The minimum Gasteiger partial charge on any atom is -0.469 e. The van der Waals surface area contributed by atoms with Crippen molar-refractivity contribution in [1.82, 2.24) is 0 Å². The lowest BCUT2D eigenvalue weighted by molar-refractivity contribution is -0.140. The maximum Gasteiger partial charge on any atom is 0.305 e. The van der Waals surface area contributed by atoms with Crippen LogP contribution in [0.25, 0.3) is 0 Å². The molecule has 0 atom stereocenters. The molecule has 0 fully saturated rings. The lowest BCUT2D eigenvalue weighted by atomic mass is 10.1. The Morgan fingerprint density at radius 1 is 0.680 bits per heavy atom. The average molecular weight is 347 g/mol. The molecule has 0 rings (SSSR count). The maximum absolute atomic E-state index is 10.9. The number of allylic oxidation sites excluding steroid dienone is 8. The summed E-state index contributed by atoms with van der Waals surface area (Å²) < 4.78 is 4.60. The van der Waals surface area contributed by atoms with Crippen LogP contribution >= 0.6 is 0 Å². The monoisotopic (exact) mass is 346 g/mol. The van der Waals surface area contributed by atoms with E-state index < -0.39 is 0 Å². The molecule has 0 unspecified atom stereocenters. The molecule has 0 amide bonds. The number of hydrogen-bond acceptors (Lipinski definition) is 2. The highest BCUT2D eigenvalue weighted by Gasteiger charge is 1.95. The normalized spacial score (nSPS) is 12.2. The van der Waals surface area contributed by atoms with Gasteiger partial charge in [0.25, 0.3) is 0 Å². The van der Waals surface area contributed by atoms with E-state index >= 15 is 0 Å². The standard InChI is InChI=1S/C23H38O2/c1-3-4-5-6-7-8-9-10-11-12-13-14-15-16-17-18-19-20-21-22-23(24)25-2/h7-8,10-11,13-14,19-20H,3-6,9,12,15-18,21-22H2,1-2H3/b8-7-,11-10-,14-13-,20-19-. The second-order valence-corrected chi connectivity index (χ2v) is 6.25. The lowest BCUT2D eigenvalue weighted by Gasteiger charge is -1.95. The molecule has 0 bridgehead atoms. The molecule has 0 heterocycles. The zero-order chi connectivity index (χ0) is 18.4. The predicted molar refractivity (Wildman–Crippen MR) is 110 cm³/mol. The summed E-state index contributed by atoms with van der Waals surface area (Å²) in [5.74, 6) is -0.133. The summed E-state index contributed by atoms with van der Waals surface area (Å²) in [6.07, 6.45) is 31.1. The first-order valence-corrected chi connectivity index (χ1v) is 9.98. The Morgan fingerprint density at radius 3 is 1.64 bits per heavy atom. The minimum absolute atomic E-state index is 0.133. The van der Waals surface area contributed by atoms with Crippen LogP contribution < -0.4 is 0 Å². The molecule has 0 saturated heterocycles. The van der Waals surface area contributed by atoms with Crippen molar-refractivity contribution in [2.24, 2.45) is 0 Å². The van der Waals surface area contributed by atoms with Crippen LogP contribution in [-0.2, 0) is 9.53 Å². The van der Waals surface area contributed by atoms with E-state index in [9.17, 15) is 4.79 Å². The molecule has 0 aromatic rings. The van der Waals surface area contributed by atoms with Crippen molar-refractivity contribution in [3.8, 4) is 0 Å². The van der Waals surface area contributed by atoms with E-state index in [0.29, 0.717) is 6.42 Å². The molecule has 0 N–H and O–H groups in total. The van der Waals surface area contributed by atoms with Gasteiger partial charge >= 0.3 is 5.97 Å². The van der Waals surface area contributed by atoms with Gasteiger partial charge in [-0.1, -0.05) is 68.4 Å². The van der Waals surface area contributed by atoms with Gasteiger partial charge in [0.05, 0.1) is 7.11 Å². The number of unbranched alkanes of at least 4 members (excludes halogenated alkanes) is 6. The zero-order valence-corrected chi connectivity index (χ0v) is 16.4. The number of hydrogen-bond donors (Lipinski definition) is 0. The predicted octanol–water partition coefficient (Wildman–Crippen LogP) is 7.09. The van der Waals surface area contributed by atoms with Gasteiger partial charge in [0.15, 0.2) is 0 Å². The molecular formula is C23H38O2. The van der Waals surface area contributed by atoms with E-state index in [-0.39, 0.29) is 5.97 Å². The Hall–Kier alpha value is -1.57. The largest absolute Gasteiger partial charge is 0.469 e. The summed E-state index contributed by atoms with van der Waals surface area (Å²) in [6.45, 7) is 2.24. The number of methoxy groups -OCH3 is 1. The highest BCUT2D eigenvalue weighted by atomic mass is 16.5. The SMILES string of the molecule is CCCCC/C=C\C/C=C\C/C=C\CCCC/C=C\CCC(=O)OC. The van der Waals surface area contributed by atoms with Crippen molar-refractivity contribution < 1.29 is 9.53 Å². The fourth-order valence-electron chi connectivity index (χ4n) is 2.35. The Labute approximate surface area is 155 Å². The molecule has 0 aliphatic rings. The Balaban J connectivity index is 3.36. The first kappa shape index (κ1) is 23.4. The highest BCUT2D eigenvalue weighted by molar-refractivity contribution is 5.69. The Kier molecular flexibility index (Phi) is 19.2. The molecular weight excluding hydrogens is 308 g/mol. The molecule has 0 spiro atoms. The van der Waals surface area contributed by atoms with Crippen molar-refractivity contribution in [1.29, 1.82) is 0 Å². The Bertz CT molecular complexity index is 402. The van der Waals surface area contributed by atoms with E-state index in [1.807, 2.05) is 0 Å². The van der Waals surface area contributed by atoms with Crippen LogP contribution in [0.3, 0.4) is 0 Å². The molecule has 0 aromatic carbocycles. The van der Waals surface area contributed by atoms with Gasteiger partial charge in [-0.3, -0.25) is 4.79 Å². The zero-order valence-electron chi connectivity index (χ0n) is 16.4. The van der Waals surface area contributed by atoms with E-state index in [2.05, 4.69) is 60.3 Å². The number of carbonyl (C=O) groups excluding carboxylic acids is 1. The van der Waals surface area contributed by atoms with Gasteiger partial charge in [-0.25, -0.2) is 0 Å². The summed E-state index contributed by atoms with van der Waals surface area (Å²) in [6, 6.07) is 0. The molecule has 0 aliphatic carbocycles. The summed E-state index contributed by atoms with van der Waals surface area (Å²) in [7, 11) is 1.43. The van der Waals surface area contributed by atoms with Crippen LogP contribution in [0.15, 0.2) is 48.6 Å². The van der Waals surface area contributed by atoms with Crippen molar-refractivity contribution >= 4 is 5.97 Å². The van der Waals surface area contributed by atoms with Crippen molar-refractivity contribution in [3.05, 3.63) is 48.6 Å². The van der Waals surface area contributed by atoms with Gasteiger partial charge in [-0.15, -0.1) is 0 Å². The number of esters is 1. The summed E-state index contributed by atoms with van der Waals surface area (Å²) in [5, 5.41) is 0. The highest BCUT2D eigenvalue weighted by Crippen LogP contribution is 2.04. The van der Waals surface area contributed by atoms with Crippen LogP contribution in [0.1, 0.15) is 84.0 Å². The van der Waals surface area contributed by atoms with Gasteiger partial charge in [0.2, 0.25) is 0 Å². The fourth-order valence-corrected chi connectivity index (χ4v) is 2.35. The van der Waals surface area contributed by atoms with Gasteiger partial charge in [-0.05, 0) is 57.8 Å². The summed E-state index contributed by atoms with van der Waals surface area (Å²) in [4.78, 5) is 10.9. The first-order valence-electron chi connectivity index (χ1n) is 9.98. The molecule has 0 saturated carbocycles. The van der Waals surface area contributed by atoms with E-state index in [1.54, 1.807) is 0 Å². The second-order valence-electron chi connectivity index (χ2n) is 6.25. The van der Waals surface area contributed by atoms with Crippen molar-refractivity contribution in [2.45, 2.75) is 84.0 Å². The molecule has 0 aliphatic heterocycles. The average Bonchev–Trinajstić information content (AvgIpc) is 2.63. The minimum atomic E-state index is -0.133. The molecule has 142 valence electrons. The molecule has 2 heteroatoms.